The third kappa shape index (κ3) is 4.30. The van der Waals surface area contributed by atoms with E-state index in [9.17, 15) is 0 Å². The molecule has 118 valence electrons. The van der Waals surface area contributed by atoms with Crippen LogP contribution in [0.15, 0.2) is 6.07 Å². The Labute approximate surface area is 128 Å². The summed E-state index contributed by atoms with van der Waals surface area (Å²) >= 11 is 0. The van der Waals surface area contributed by atoms with Crippen LogP contribution in [0.3, 0.4) is 0 Å². The monoisotopic (exact) mass is 291 g/mol. The Kier molecular flexibility index (Phi) is 5.39. The first kappa shape index (κ1) is 16.0. The van der Waals surface area contributed by atoms with Gasteiger partial charge in [-0.15, -0.1) is 0 Å². The molecule has 5 nitrogen and oxygen atoms in total. The zero-order valence-electron chi connectivity index (χ0n) is 14.0. The molecule has 1 atom stereocenters. The molecule has 0 aromatic carbocycles. The van der Waals surface area contributed by atoms with Crippen LogP contribution in [-0.4, -0.2) is 47.6 Å². The van der Waals surface area contributed by atoms with Crippen molar-refractivity contribution in [1.82, 2.24) is 14.9 Å². The third-order valence-corrected chi connectivity index (χ3v) is 4.14. The Morgan fingerprint density at radius 1 is 1.24 bits per heavy atom. The fourth-order valence-electron chi connectivity index (χ4n) is 2.69. The van der Waals surface area contributed by atoms with Gasteiger partial charge in [0, 0.05) is 38.2 Å². The Morgan fingerprint density at radius 2 is 1.95 bits per heavy atom. The zero-order chi connectivity index (χ0) is 15.4. The van der Waals surface area contributed by atoms with Crippen LogP contribution in [0.25, 0.3) is 0 Å². The fourth-order valence-corrected chi connectivity index (χ4v) is 2.69. The average Bonchev–Trinajstić information content (AvgIpc) is 2.93. The van der Waals surface area contributed by atoms with Gasteiger partial charge in [0.15, 0.2) is 0 Å². The maximum atomic E-state index is 4.62. The molecule has 2 rings (SSSR count). The summed E-state index contributed by atoms with van der Waals surface area (Å²) in [6.07, 6.45) is 1.27. The second-order valence-corrected chi connectivity index (χ2v) is 6.53. The summed E-state index contributed by atoms with van der Waals surface area (Å²) in [7, 11) is 1.90. The van der Waals surface area contributed by atoms with Gasteiger partial charge in [-0.25, -0.2) is 9.97 Å². The van der Waals surface area contributed by atoms with Gasteiger partial charge in [-0.1, -0.05) is 13.8 Å². The Balaban J connectivity index is 1.95. The van der Waals surface area contributed by atoms with Gasteiger partial charge < -0.3 is 15.5 Å². The number of hydrogen-bond donors (Lipinski definition) is 2. The first-order chi connectivity index (χ1) is 9.99. The number of aromatic nitrogens is 2. The molecule has 0 bridgehead atoms. The molecule has 1 fully saturated rings. The van der Waals surface area contributed by atoms with Crippen molar-refractivity contribution in [3.63, 3.8) is 0 Å². The maximum absolute atomic E-state index is 4.62. The van der Waals surface area contributed by atoms with Gasteiger partial charge >= 0.3 is 0 Å². The summed E-state index contributed by atoms with van der Waals surface area (Å²) in [6, 6.07) is 2.64. The standard InChI is InChI=1S/C16H29N5/c1-11(2)16-19-14(17-5)8-15(20-16)18-9-13-6-7-21(10-13)12(3)4/h8,11-13H,6-7,9-10H2,1-5H3,(H2,17,18,19,20). The smallest absolute Gasteiger partial charge is 0.135 e. The number of nitrogens with zero attached hydrogens (tertiary/aromatic N) is 3. The van der Waals surface area contributed by atoms with Crippen LogP contribution in [0, 0.1) is 5.92 Å². The number of nitrogens with one attached hydrogen (secondary N) is 2. The minimum atomic E-state index is 0.335. The van der Waals surface area contributed by atoms with Crippen molar-refractivity contribution in [2.75, 3.05) is 37.3 Å². The van der Waals surface area contributed by atoms with E-state index in [1.54, 1.807) is 0 Å². The van der Waals surface area contributed by atoms with Crippen LogP contribution in [0.2, 0.25) is 0 Å². The molecule has 1 aliphatic rings. The molecular weight excluding hydrogens is 262 g/mol. The van der Waals surface area contributed by atoms with Crippen molar-refractivity contribution < 1.29 is 0 Å². The van der Waals surface area contributed by atoms with E-state index in [0.29, 0.717) is 17.9 Å². The van der Waals surface area contributed by atoms with Crippen LogP contribution in [-0.2, 0) is 0 Å². The van der Waals surface area contributed by atoms with E-state index in [-0.39, 0.29) is 0 Å². The van der Waals surface area contributed by atoms with Crippen molar-refractivity contribution >= 4 is 11.6 Å². The molecular formula is C16H29N5. The summed E-state index contributed by atoms with van der Waals surface area (Å²) in [5, 5.41) is 6.61. The minimum absolute atomic E-state index is 0.335. The highest BCUT2D eigenvalue weighted by atomic mass is 15.2. The Hall–Kier alpha value is -1.36. The molecule has 0 aliphatic carbocycles. The molecule has 21 heavy (non-hydrogen) atoms. The molecule has 1 unspecified atom stereocenters. The van der Waals surface area contributed by atoms with Crippen molar-refractivity contribution in [1.29, 1.82) is 0 Å². The number of hydrogen-bond acceptors (Lipinski definition) is 5. The van der Waals surface area contributed by atoms with Gasteiger partial charge in [0.1, 0.15) is 17.5 Å². The van der Waals surface area contributed by atoms with Crippen LogP contribution in [0.4, 0.5) is 11.6 Å². The summed E-state index contributed by atoms with van der Waals surface area (Å²) in [5.74, 6) is 3.75. The van der Waals surface area contributed by atoms with Crippen molar-refractivity contribution in [3.8, 4) is 0 Å². The third-order valence-electron chi connectivity index (χ3n) is 4.14. The van der Waals surface area contributed by atoms with Crippen molar-refractivity contribution in [2.45, 2.75) is 46.1 Å². The predicted octanol–water partition coefficient (Wildman–Crippen LogP) is 2.78. The quantitative estimate of drug-likeness (QED) is 0.844. The van der Waals surface area contributed by atoms with Gasteiger partial charge in [-0.3, -0.25) is 0 Å². The van der Waals surface area contributed by atoms with E-state index in [4.69, 9.17) is 0 Å². The molecule has 0 saturated carbocycles. The zero-order valence-corrected chi connectivity index (χ0v) is 14.0. The lowest BCUT2D eigenvalue weighted by molar-refractivity contribution is 0.266. The van der Waals surface area contributed by atoms with E-state index in [1.807, 2.05) is 13.1 Å². The average molecular weight is 291 g/mol. The minimum Gasteiger partial charge on any atom is -0.373 e. The fraction of sp³-hybridized carbons (Fsp3) is 0.750. The predicted molar refractivity (Wildman–Crippen MR) is 89.0 cm³/mol. The number of anilines is 2. The van der Waals surface area contributed by atoms with Gasteiger partial charge in [-0.2, -0.15) is 0 Å². The molecule has 5 heteroatoms. The second kappa shape index (κ2) is 7.07. The topological polar surface area (TPSA) is 53.1 Å². The lowest BCUT2D eigenvalue weighted by atomic mass is 10.1. The van der Waals surface area contributed by atoms with Crippen LogP contribution in [0.5, 0.6) is 0 Å². The van der Waals surface area contributed by atoms with Gasteiger partial charge in [0.2, 0.25) is 0 Å². The highest BCUT2D eigenvalue weighted by molar-refractivity contribution is 5.47. The van der Waals surface area contributed by atoms with E-state index in [2.05, 4.69) is 53.2 Å². The largest absolute Gasteiger partial charge is 0.373 e. The van der Waals surface area contributed by atoms with E-state index >= 15 is 0 Å². The lowest BCUT2D eigenvalue weighted by Crippen LogP contribution is -2.29. The molecule has 2 N–H and O–H groups in total. The van der Waals surface area contributed by atoms with Crippen LogP contribution in [0.1, 0.15) is 45.9 Å². The molecule has 1 saturated heterocycles. The Bertz CT molecular complexity index is 458. The molecule has 1 aromatic rings. The highest BCUT2D eigenvalue weighted by Crippen LogP contribution is 2.20. The lowest BCUT2D eigenvalue weighted by Gasteiger charge is -2.20. The van der Waals surface area contributed by atoms with Crippen LogP contribution >= 0.6 is 0 Å². The maximum Gasteiger partial charge on any atom is 0.135 e. The molecule has 0 radical (unpaired) electrons. The normalized spacial score (nSPS) is 19.5. The summed E-state index contributed by atoms with van der Waals surface area (Å²) in [4.78, 5) is 11.7. The molecule has 2 heterocycles. The summed E-state index contributed by atoms with van der Waals surface area (Å²) < 4.78 is 0. The summed E-state index contributed by atoms with van der Waals surface area (Å²) in [6.45, 7) is 12.2. The molecule has 1 aliphatic heterocycles. The highest BCUT2D eigenvalue weighted by Gasteiger charge is 2.24. The second-order valence-electron chi connectivity index (χ2n) is 6.53. The van der Waals surface area contributed by atoms with Gasteiger partial charge in [0.05, 0.1) is 0 Å². The van der Waals surface area contributed by atoms with Crippen LogP contribution < -0.4 is 10.6 Å². The van der Waals surface area contributed by atoms with E-state index in [0.717, 1.165) is 24.0 Å². The molecule has 0 amide bonds. The number of likely N-dealkylation sites (tertiary alicyclic amines) is 1. The molecule has 0 spiro atoms. The van der Waals surface area contributed by atoms with E-state index < -0.39 is 0 Å². The molecule has 1 aromatic heterocycles. The van der Waals surface area contributed by atoms with Gasteiger partial charge in [-0.05, 0) is 32.7 Å². The first-order valence-electron chi connectivity index (χ1n) is 8.04. The first-order valence-corrected chi connectivity index (χ1v) is 8.04. The van der Waals surface area contributed by atoms with Gasteiger partial charge in [0.25, 0.3) is 0 Å². The van der Waals surface area contributed by atoms with Crippen molar-refractivity contribution in [3.05, 3.63) is 11.9 Å². The van der Waals surface area contributed by atoms with Crippen molar-refractivity contribution in [2.24, 2.45) is 5.92 Å². The number of rotatable bonds is 6. The summed E-state index contributed by atoms with van der Waals surface area (Å²) in [5.41, 5.74) is 0. The van der Waals surface area contributed by atoms with E-state index in [1.165, 1.54) is 19.5 Å². The Morgan fingerprint density at radius 3 is 2.52 bits per heavy atom. The SMILES string of the molecule is CNc1cc(NCC2CCN(C(C)C)C2)nc(C(C)C)n1.